The molecule has 0 atom stereocenters. The summed E-state index contributed by atoms with van der Waals surface area (Å²) in [6.45, 7) is 5.44. The van der Waals surface area contributed by atoms with Crippen molar-refractivity contribution in [2.75, 3.05) is 12.3 Å². The minimum absolute atomic E-state index is 0.247. The average molecular weight is 195 g/mol. The number of aryl methyl sites for hydroxylation is 1. The van der Waals surface area contributed by atoms with Crippen LogP contribution in [0.1, 0.15) is 28.8 Å². The topological polar surface area (TPSA) is 78.1 Å². The molecule has 0 amide bonds. The quantitative estimate of drug-likeness (QED) is 0.708. The number of carbonyl (C=O) groups excluding carboxylic acids is 1. The number of nitrogen functional groups attached to an aromatic ring is 1. The van der Waals surface area contributed by atoms with E-state index in [9.17, 15) is 4.79 Å². The summed E-state index contributed by atoms with van der Waals surface area (Å²) >= 11 is 0. The number of esters is 1. The van der Waals surface area contributed by atoms with Gasteiger partial charge in [0.15, 0.2) is 5.69 Å². The Balaban J connectivity index is 3.13. The molecular formula is C9H13N3O2. The van der Waals surface area contributed by atoms with Crippen LogP contribution < -0.4 is 5.73 Å². The van der Waals surface area contributed by atoms with Gasteiger partial charge in [0, 0.05) is 5.56 Å². The zero-order valence-electron chi connectivity index (χ0n) is 8.50. The summed E-state index contributed by atoms with van der Waals surface area (Å²) in [6, 6.07) is 0. The number of hydrogen-bond donors (Lipinski definition) is 1. The van der Waals surface area contributed by atoms with Gasteiger partial charge in [0.1, 0.15) is 11.6 Å². The molecule has 0 saturated carbocycles. The van der Waals surface area contributed by atoms with E-state index in [0.29, 0.717) is 23.8 Å². The summed E-state index contributed by atoms with van der Waals surface area (Å²) in [4.78, 5) is 19.3. The molecule has 0 aliphatic heterocycles. The highest BCUT2D eigenvalue weighted by Crippen LogP contribution is 2.12. The number of carbonyl (C=O) groups is 1. The maximum Gasteiger partial charge on any atom is 0.357 e. The van der Waals surface area contributed by atoms with Crippen LogP contribution in [0.15, 0.2) is 0 Å². The SMILES string of the molecule is CCOC(=O)c1nc(C)nc(N)c1C. The Kier molecular flexibility index (Phi) is 3.01. The Morgan fingerprint density at radius 3 is 2.64 bits per heavy atom. The van der Waals surface area contributed by atoms with Crippen LogP contribution in [-0.2, 0) is 4.74 Å². The van der Waals surface area contributed by atoms with Crippen molar-refractivity contribution < 1.29 is 9.53 Å². The second kappa shape index (κ2) is 4.04. The van der Waals surface area contributed by atoms with Gasteiger partial charge < -0.3 is 10.5 Å². The first-order valence-corrected chi connectivity index (χ1v) is 4.34. The first kappa shape index (κ1) is 10.4. The van der Waals surface area contributed by atoms with Crippen molar-refractivity contribution >= 4 is 11.8 Å². The summed E-state index contributed by atoms with van der Waals surface area (Å²) in [5.41, 5.74) is 6.41. The van der Waals surface area contributed by atoms with E-state index in [4.69, 9.17) is 10.5 Å². The van der Waals surface area contributed by atoms with Crippen LogP contribution in [0.5, 0.6) is 0 Å². The smallest absolute Gasteiger partial charge is 0.357 e. The second-order valence-electron chi connectivity index (χ2n) is 2.85. The number of aromatic nitrogens is 2. The zero-order chi connectivity index (χ0) is 10.7. The third-order valence-corrected chi connectivity index (χ3v) is 1.76. The monoisotopic (exact) mass is 195 g/mol. The fourth-order valence-corrected chi connectivity index (χ4v) is 1.05. The van der Waals surface area contributed by atoms with E-state index in [1.807, 2.05) is 0 Å². The molecule has 1 aromatic heterocycles. The Labute approximate surface area is 82.3 Å². The van der Waals surface area contributed by atoms with Gasteiger partial charge in [-0.1, -0.05) is 0 Å². The lowest BCUT2D eigenvalue weighted by atomic mass is 10.2. The van der Waals surface area contributed by atoms with Gasteiger partial charge >= 0.3 is 5.97 Å². The summed E-state index contributed by atoms with van der Waals surface area (Å²) in [6.07, 6.45) is 0. The van der Waals surface area contributed by atoms with Crippen LogP contribution in [0.3, 0.4) is 0 Å². The standard InChI is InChI=1S/C9H13N3O2/c1-4-14-9(13)7-5(2)8(10)12-6(3)11-7/h4H2,1-3H3,(H2,10,11,12). The van der Waals surface area contributed by atoms with E-state index in [0.717, 1.165) is 0 Å². The number of nitrogens with two attached hydrogens (primary N) is 1. The van der Waals surface area contributed by atoms with Crippen molar-refractivity contribution in [3.05, 3.63) is 17.1 Å². The molecule has 1 heterocycles. The van der Waals surface area contributed by atoms with Gasteiger partial charge in [-0.05, 0) is 20.8 Å². The maximum absolute atomic E-state index is 11.4. The van der Waals surface area contributed by atoms with Crippen LogP contribution in [0.4, 0.5) is 5.82 Å². The molecule has 5 heteroatoms. The summed E-state index contributed by atoms with van der Waals surface area (Å²) < 4.78 is 4.83. The number of rotatable bonds is 2. The molecule has 14 heavy (non-hydrogen) atoms. The molecule has 0 radical (unpaired) electrons. The van der Waals surface area contributed by atoms with Crippen molar-refractivity contribution in [1.29, 1.82) is 0 Å². The van der Waals surface area contributed by atoms with Crippen molar-refractivity contribution in [1.82, 2.24) is 9.97 Å². The van der Waals surface area contributed by atoms with Crippen molar-refractivity contribution in [3.63, 3.8) is 0 Å². The zero-order valence-corrected chi connectivity index (χ0v) is 8.50. The first-order chi connectivity index (χ1) is 6.56. The van der Waals surface area contributed by atoms with Crippen molar-refractivity contribution in [3.8, 4) is 0 Å². The van der Waals surface area contributed by atoms with Crippen molar-refractivity contribution in [2.45, 2.75) is 20.8 Å². The van der Waals surface area contributed by atoms with Crippen LogP contribution in [0.25, 0.3) is 0 Å². The van der Waals surface area contributed by atoms with E-state index >= 15 is 0 Å². The third-order valence-electron chi connectivity index (χ3n) is 1.76. The first-order valence-electron chi connectivity index (χ1n) is 4.34. The highest BCUT2D eigenvalue weighted by Gasteiger charge is 2.15. The van der Waals surface area contributed by atoms with Crippen molar-refractivity contribution in [2.24, 2.45) is 0 Å². The fourth-order valence-electron chi connectivity index (χ4n) is 1.05. The van der Waals surface area contributed by atoms with Crippen LogP contribution in [0.2, 0.25) is 0 Å². The maximum atomic E-state index is 11.4. The molecule has 0 aliphatic carbocycles. The lowest BCUT2D eigenvalue weighted by Crippen LogP contribution is -2.13. The molecule has 0 spiro atoms. The number of ether oxygens (including phenoxy) is 1. The molecule has 5 nitrogen and oxygen atoms in total. The van der Waals surface area contributed by atoms with Gasteiger partial charge in [-0.15, -0.1) is 0 Å². The molecule has 0 unspecified atom stereocenters. The highest BCUT2D eigenvalue weighted by atomic mass is 16.5. The summed E-state index contributed by atoms with van der Waals surface area (Å²) in [5, 5.41) is 0. The lowest BCUT2D eigenvalue weighted by molar-refractivity contribution is 0.0518. The third kappa shape index (κ3) is 1.99. The van der Waals surface area contributed by atoms with Gasteiger partial charge in [-0.25, -0.2) is 14.8 Å². The molecule has 0 aliphatic rings. The Hall–Kier alpha value is -1.65. The Morgan fingerprint density at radius 1 is 1.43 bits per heavy atom. The van der Waals surface area contributed by atoms with E-state index in [-0.39, 0.29) is 5.69 Å². The number of nitrogens with zero attached hydrogens (tertiary/aromatic N) is 2. The largest absolute Gasteiger partial charge is 0.461 e. The van der Waals surface area contributed by atoms with Crippen LogP contribution >= 0.6 is 0 Å². The lowest BCUT2D eigenvalue weighted by Gasteiger charge is -2.06. The highest BCUT2D eigenvalue weighted by molar-refractivity contribution is 5.89. The molecular weight excluding hydrogens is 182 g/mol. The van der Waals surface area contributed by atoms with E-state index in [1.54, 1.807) is 20.8 Å². The van der Waals surface area contributed by atoms with E-state index in [2.05, 4.69) is 9.97 Å². The number of hydrogen-bond acceptors (Lipinski definition) is 5. The van der Waals surface area contributed by atoms with Gasteiger partial charge in [0.25, 0.3) is 0 Å². The van der Waals surface area contributed by atoms with Gasteiger partial charge in [-0.3, -0.25) is 0 Å². The molecule has 76 valence electrons. The minimum Gasteiger partial charge on any atom is -0.461 e. The molecule has 2 N–H and O–H groups in total. The van der Waals surface area contributed by atoms with Gasteiger partial charge in [0.2, 0.25) is 0 Å². The molecule has 0 saturated heterocycles. The number of anilines is 1. The molecule has 1 rings (SSSR count). The summed E-state index contributed by atoms with van der Waals surface area (Å²) in [7, 11) is 0. The molecule has 0 bridgehead atoms. The Bertz CT molecular complexity index is 363. The summed E-state index contributed by atoms with van der Waals surface area (Å²) in [5.74, 6) is 0.332. The van der Waals surface area contributed by atoms with Gasteiger partial charge in [0.05, 0.1) is 6.61 Å². The second-order valence-corrected chi connectivity index (χ2v) is 2.85. The minimum atomic E-state index is -0.456. The molecule has 1 aromatic rings. The molecule has 0 aromatic carbocycles. The van der Waals surface area contributed by atoms with E-state index in [1.165, 1.54) is 0 Å². The Morgan fingerprint density at radius 2 is 2.07 bits per heavy atom. The fraction of sp³-hybridized carbons (Fsp3) is 0.444. The van der Waals surface area contributed by atoms with E-state index < -0.39 is 5.97 Å². The molecule has 0 fully saturated rings. The normalized spacial score (nSPS) is 9.93. The van der Waals surface area contributed by atoms with Gasteiger partial charge in [-0.2, -0.15) is 0 Å². The average Bonchev–Trinajstić information content (AvgIpc) is 2.11. The predicted molar refractivity (Wildman–Crippen MR) is 51.9 cm³/mol. The van der Waals surface area contributed by atoms with Crippen LogP contribution in [0, 0.1) is 13.8 Å². The predicted octanol–water partition coefficient (Wildman–Crippen LogP) is 0.852. The van der Waals surface area contributed by atoms with Crippen LogP contribution in [-0.4, -0.2) is 22.5 Å².